The Bertz CT molecular complexity index is 492. The van der Waals surface area contributed by atoms with Gasteiger partial charge in [-0.2, -0.15) is 0 Å². The van der Waals surface area contributed by atoms with Gasteiger partial charge in [-0.05, 0) is 44.2 Å². The lowest BCUT2D eigenvalue weighted by Crippen LogP contribution is -2.10. The molecule has 2 heteroatoms. The molecule has 0 radical (unpaired) electrons. The number of allylic oxidation sites excluding steroid dienone is 3. The van der Waals surface area contributed by atoms with E-state index in [1.807, 2.05) is 38.1 Å². The van der Waals surface area contributed by atoms with Gasteiger partial charge in [0, 0.05) is 11.8 Å². The van der Waals surface area contributed by atoms with Crippen molar-refractivity contribution in [2.45, 2.75) is 33.1 Å². The Hall–Kier alpha value is -1.83. The van der Waals surface area contributed by atoms with Gasteiger partial charge >= 0.3 is 0 Å². The first-order valence-electron chi connectivity index (χ1n) is 6.41. The quantitative estimate of drug-likeness (QED) is 0.799. The van der Waals surface area contributed by atoms with Crippen molar-refractivity contribution >= 4 is 11.6 Å². The highest BCUT2D eigenvalue weighted by atomic mass is 16.1. The summed E-state index contributed by atoms with van der Waals surface area (Å²) in [4.78, 5) is 11.8. The first kappa shape index (κ1) is 12.6. The van der Waals surface area contributed by atoms with Gasteiger partial charge in [0.05, 0.1) is 0 Å². The molecule has 0 aromatic heterocycles. The third-order valence-corrected chi connectivity index (χ3v) is 3.25. The largest absolute Gasteiger partial charge is 0.322 e. The van der Waals surface area contributed by atoms with Gasteiger partial charge in [-0.25, -0.2) is 0 Å². The number of aryl methyl sites for hydroxylation is 2. The summed E-state index contributed by atoms with van der Waals surface area (Å²) < 4.78 is 0. The monoisotopic (exact) mass is 241 g/mol. The fourth-order valence-corrected chi connectivity index (χ4v) is 2.21. The lowest BCUT2D eigenvalue weighted by atomic mass is 10.1. The van der Waals surface area contributed by atoms with E-state index in [1.165, 1.54) is 12.0 Å². The number of carbonyl (C=O) groups is 1. The number of rotatable bonds is 3. The van der Waals surface area contributed by atoms with Crippen LogP contribution in [0.5, 0.6) is 0 Å². The van der Waals surface area contributed by atoms with Crippen LogP contribution < -0.4 is 5.32 Å². The van der Waals surface area contributed by atoms with Gasteiger partial charge in [0.2, 0.25) is 5.91 Å². The van der Waals surface area contributed by atoms with Crippen molar-refractivity contribution in [1.82, 2.24) is 0 Å². The van der Waals surface area contributed by atoms with Gasteiger partial charge in [-0.15, -0.1) is 0 Å². The van der Waals surface area contributed by atoms with Gasteiger partial charge in [0.1, 0.15) is 0 Å². The van der Waals surface area contributed by atoms with E-state index in [2.05, 4.69) is 11.4 Å². The third-order valence-electron chi connectivity index (χ3n) is 3.25. The summed E-state index contributed by atoms with van der Waals surface area (Å²) in [6, 6.07) is 6.01. The van der Waals surface area contributed by atoms with Crippen molar-refractivity contribution in [3.8, 4) is 0 Å². The average molecular weight is 241 g/mol. The molecule has 1 aliphatic rings. The Kier molecular flexibility index (Phi) is 3.98. The van der Waals surface area contributed by atoms with Crippen molar-refractivity contribution in [2.24, 2.45) is 0 Å². The standard InChI is InChI=1S/C16H19NO/c1-12-6-5-7-13(2)16(12)17-15(18)11-10-14-8-3-4-9-14/h5-8,10-11H,3-4,9H2,1-2H3,(H,17,18)/b11-10-. The Morgan fingerprint density at radius 3 is 2.61 bits per heavy atom. The van der Waals surface area contributed by atoms with Crippen molar-refractivity contribution < 1.29 is 4.79 Å². The maximum absolute atomic E-state index is 11.8. The molecule has 0 saturated heterocycles. The number of hydrogen-bond acceptors (Lipinski definition) is 1. The number of anilines is 1. The number of carbonyl (C=O) groups excluding carboxylic acids is 1. The molecule has 1 aliphatic carbocycles. The molecule has 0 heterocycles. The predicted octanol–water partition coefficient (Wildman–Crippen LogP) is 3.91. The third kappa shape index (κ3) is 3.10. The second kappa shape index (κ2) is 5.67. The zero-order valence-electron chi connectivity index (χ0n) is 11.0. The molecule has 0 bridgehead atoms. The van der Waals surface area contributed by atoms with Crippen LogP contribution in [0.4, 0.5) is 5.69 Å². The van der Waals surface area contributed by atoms with Crippen molar-refractivity contribution in [3.63, 3.8) is 0 Å². The van der Waals surface area contributed by atoms with Crippen LogP contribution >= 0.6 is 0 Å². The Morgan fingerprint density at radius 1 is 1.28 bits per heavy atom. The second-order valence-electron chi connectivity index (χ2n) is 4.76. The molecule has 1 aromatic rings. The van der Waals surface area contributed by atoms with Crippen LogP contribution in [0.2, 0.25) is 0 Å². The molecule has 0 atom stereocenters. The first-order chi connectivity index (χ1) is 8.66. The maximum atomic E-state index is 11.8. The Labute approximate surface area is 108 Å². The number of para-hydroxylation sites is 1. The molecule has 0 aliphatic heterocycles. The van der Waals surface area contributed by atoms with E-state index in [0.29, 0.717) is 0 Å². The molecule has 1 amide bonds. The summed E-state index contributed by atoms with van der Waals surface area (Å²) in [5, 5.41) is 2.95. The minimum Gasteiger partial charge on any atom is -0.322 e. The van der Waals surface area contributed by atoms with E-state index in [0.717, 1.165) is 29.7 Å². The fourth-order valence-electron chi connectivity index (χ4n) is 2.21. The number of benzene rings is 1. The molecule has 0 fully saturated rings. The van der Waals surface area contributed by atoms with Gasteiger partial charge in [-0.3, -0.25) is 4.79 Å². The highest BCUT2D eigenvalue weighted by Gasteiger charge is 2.05. The van der Waals surface area contributed by atoms with E-state index >= 15 is 0 Å². The Balaban J connectivity index is 2.03. The molecule has 2 rings (SSSR count). The lowest BCUT2D eigenvalue weighted by molar-refractivity contribution is -0.111. The topological polar surface area (TPSA) is 29.1 Å². The second-order valence-corrected chi connectivity index (χ2v) is 4.76. The molecular formula is C16H19NO. The SMILES string of the molecule is Cc1cccc(C)c1NC(=O)/C=C\C1=CCCC1. The molecular weight excluding hydrogens is 222 g/mol. The average Bonchev–Trinajstić information content (AvgIpc) is 2.84. The van der Waals surface area contributed by atoms with Crippen LogP contribution in [0.1, 0.15) is 30.4 Å². The summed E-state index contributed by atoms with van der Waals surface area (Å²) in [5.74, 6) is -0.0554. The number of amides is 1. The summed E-state index contributed by atoms with van der Waals surface area (Å²) in [5.41, 5.74) is 4.38. The van der Waals surface area contributed by atoms with Crippen molar-refractivity contribution in [3.05, 3.63) is 53.1 Å². The predicted molar refractivity (Wildman–Crippen MR) is 75.6 cm³/mol. The van der Waals surface area contributed by atoms with Gasteiger partial charge in [0.15, 0.2) is 0 Å². The fraction of sp³-hybridized carbons (Fsp3) is 0.312. The van der Waals surface area contributed by atoms with Crippen LogP contribution in [-0.2, 0) is 4.79 Å². The first-order valence-corrected chi connectivity index (χ1v) is 6.41. The summed E-state index contributed by atoms with van der Waals surface area (Å²) >= 11 is 0. The van der Waals surface area contributed by atoms with Gasteiger partial charge < -0.3 is 5.32 Å². The molecule has 1 aromatic carbocycles. The van der Waals surface area contributed by atoms with E-state index in [4.69, 9.17) is 0 Å². The minimum absolute atomic E-state index is 0.0554. The minimum atomic E-state index is -0.0554. The van der Waals surface area contributed by atoms with Crippen LogP contribution in [0.3, 0.4) is 0 Å². The van der Waals surface area contributed by atoms with Gasteiger partial charge in [0.25, 0.3) is 0 Å². The smallest absolute Gasteiger partial charge is 0.248 e. The van der Waals surface area contributed by atoms with Crippen LogP contribution in [-0.4, -0.2) is 5.91 Å². The highest BCUT2D eigenvalue weighted by molar-refractivity contribution is 6.00. The number of nitrogens with one attached hydrogen (secondary N) is 1. The molecule has 94 valence electrons. The van der Waals surface area contributed by atoms with Crippen LogP contribution in [0.25, 0.3) is 0 Å². The van der Waals surface area contributed by atoms with E-state index < -0.39 is 0 Å². The summed E-state index contributed by atoms with van der Waals surface area (Å²) in [6.07, 6.45) is 9.19. The molecule has 2 nitrogen and oxygen atoms in total. The number of hydrogen-bond donors (Lipinski definition) is 1. The zero-order chi connectivity index (χ0) is 13.0. The van der Waals surface area contributed by atoms with E-state index in [-0.39, 0.29) is 5.91 Å². The van der Waals surface area contributed by atoms with Crippen LogP contribution in [0.15, 0.2) is 42.0 Å². The molecule has 0 unspecified atom stereocenters. The Morgan fingerprint density at radius 2 is 2.00 bits per heavy atom. The molecule has 0 spiro atoms. The van der Waals surface area contributed by atoms with Crippen molar-refractivity contribution in [1.29, 1.82) is 0 Å². The van der Waals surface area contributed by atoms with Crippen LogP contribution in [0, 0.1) is 13.8 Å². The molecule has 0 saturated carbocycles. The lowest BCUT2D eigenvalue weighted by Gasteiger charge is -2.09. The van der Waals surface area contributed by atoms with Gasteiger partial charge in [-0.1, -0.05) is 35.9 Å². The summed E-state index contributed by atoms with van der Waals surface area (Å²) in [6.45, 7) is 4.01. The normalized spacial score (nSPS) is 14.9. The molecule has 18 heavy (non-hydrogen) atoms. The van der Waals surface area contributed by atoms with E-state index in [9.17, 15) is 4.79 Å². The maximum Gasteiger partial charge on any atom is 0.248 e. The summed E-state index contributed by atoms with van der Waals surface area (Å²) in [7, 11) is 0. The van der Waals surface area contributed by atoms with E-state index in [1.54, 1.807) is 6.08 Å². The van der Waals surface area contributed by atoms with Crippen molar-refractivity contribution in [2.75, 3.05) is 5.32 Å². The highest BCUT2D eigenvalue weighted by Crippen LogP contribution is 2.20. The zero-order valence-corrected chi connectivity index (χ0v) is 11.0. The molecule has 1 N–H and O–H groups in total.